The zero-order chi connectivity index (χ0) is 14.1. The second-order valence-corrected chi connectivity index (χ2v) is 6.50. The van der Waals surface area contributed by atoms with Gasteiger partial charge in [-0.3, -0.25) is 9.80 Å². The van der Waals surface area contributed by atoms with Crippen molar-refractivity contribution < 1.29 is 5.11 Å². The third-order valence-corrected chi connectivity index (χ3v) is 4.84. The van der Waals surface area contributed by atoms with Crippen molar-refractivity contribution in [2.24, 2.45) is 0 Å². The van der Waals surface area contributed by atoms with Crippen LogP contribution in [-0.4, -0.2) is 53.2 Å². The Hall–Kier alpha value is -0.900. The molecule has 2 saturated heterocycles. The molecule has 0 aliphatic carbocycles. The first-order valence-electron chi connectivity index (χ1n) is 7.84. The molecule has 2 aliphatic rings. The lowest BCUT2D eigenvalue weighted by molar-refractivity contribution is 0.0978. The molecule has 2 aliphatic heterocycles. The number of nitrogens with zero attached hydrogens (tertiary/aromatic N) is 2. The number of aryl methyl sites for hydroxylation is 2. The normalized spacial score (nSPS) is 28.4. The first-order chi connectivity index (χ1) is 9.63. The molecule has 2 atom stereocenters. The molecule has 2 heterocycles. The summed E-state index contributed by atoms with van der Waals surface area (Å²) in [5, 5.41) is 10.3. The van der Waals surface area contributed by atoms with E-state index in [0.29, 0.717) is 6.04 Å². The SMILES string of the molecule is Cc1ccc(C)c(CN2C[C@H](O)[C@@H](N3CCCC3)C2)c1. The number of β-amino-alcohol motifs (C(OH)–C–C–N with tert-alkyl or cyclic N) is 1. The van der Waals surface area contributed by atoms with Crippen LogP contribution in [0.1, 0.15) is 29.5 Å². The van der Waals surface area contributed by atoms with Crippen LogP contribution in [0.4, 0.5) is 0 Å². The van der Waals surface area contributed by atoms with E-state index in [-0.39, 0.29) is 6.10 Å². The Bertz CT molecular complexity index is 468. The smallest absolute Gasteiger partial charge is 0.0834 e. The van der Waals surface area contributed by atoms with Gasteiger partial charge in [-0.15, -0.1) is 0 Å². The van der Waals surface area contributed by atoms with E-state index in [2.05, 4.69) is 41.8 Å². The number of aliphatic hydroxyl groups excluding tert-OH is 1. The maximum atomic E-state index is 10.3. The monoisotopic (exact) mass is 274 g/mol. The first kappa shape index (κ1) is 14.1. The maximum Gasteiger partial charge on any atom is 0.0834 e. The van der Waals surface area contributed by atoms with Crippen molar-refractivity contribution in [1.29, 1.82) is 0 Å². The number of hydrogen-bond acceptors (Lipinski definition) is 3. The standard InChI is InChI=1S/C17H26N2O/c1-13-5-6-14(2)15(9-13)10-18-11-16(17(20)12-18)19-7-3-4-8-19/h5-6,9,16-17,20H,3-4,7-8,10-12H2,1-2H3/t16-,17-/m0/s1. The fourth-order valence-corrected chi connectivity index (χ4v) is 3.62. The van der Waals surface area contributed by atoms with Crippen molar-refractivity contribution in [3.8, 4) is 0 Å². The van der Waals surface area contributed by atoms with E-state index in [1.54, 1.807) is 0 Å². The van der Waals surface area contributed by atoms with Gasteiger partial charge in [0.25, 0.3) is 0 Å². The Morgan fingerprint density at radius 2 is 1.90 bits per heavy atom. The van der Waals surface area contributed by atoms with Gasteiger partial charge in [0.2, 0.25) is 0 Å². The summed E-state index contributed by atoms with van der Waals surface area (Å²) in [6.45, 7) is 9.45. The number of likely N-dealkylation sites (tertiary alicyclic amines) is 2. The average Bonchev–Trinajstić information content (AvgIpc) is 3.03. The van der Waals surface area contributed by atoms with Crippen LogP contribution in [0.2, 0.25) is 0 Å². The molecule has 0 amide bonds. The van der Waals surface area contributed by atoms with E-state index in [0.717, 1.165) is 19.6 Å². The summed E-state index contributed by atoms with van der Waals surface area (Å²) < 4.78 is 0. The summed E-state index contributed by atoms with van der Waals surface area (Å²) in [5.74, 6) is 0. The quantitative estimate of drug-likeness (QED) is 0.912. The molecule has 0 bridgehead atoms. The zero-order valence-corrected chi connectivity index (χ0v) is 12.7. The molecule has 20 heavy (non-hydrogen) atoms. The van der Waals surface area contributed by atoms with Crippen molar-refractivity contribution in [2.75, 3.05) is 26.2 Å². The van der Waals surface area contributed by atoms with E-state index in [4.69, 9.17) is 0 Å². The van der Waals surface area contributed by atoms with Gasteiger partial charge in [0.05, 0.1) is 6.10 Å². The van der Waals surface area contributed by atoms with Gasteiger partial charge in [0.15, 0.2) is 0 Å². The molecule has 1 aromatic rings. The Morgan fingerprint density at radius 3 is 2.65 bits per heavy atom. The average molecular weight is 274 g/mol. The van der Waals surface area contributed by atoms with E-state index in [9.17, 15) is 5.11 Å². The highest BCUT2D eigenvalue weighted by atomic mass is 16.3. The lowest BCUT2D eigenvalue weighted by Crippen LogP contribution is -2.41. The van der Waals surface area contributed by atoms with Crippen LogP contribution in [0.25, 0.3) is 0 Å². The molecule has 0 aromatic heterocycles. The lowest BCUT2D eigenvalue weighted by atomic mass is 10.1. The van der Waals surface area contributed by atoms with Gasteiger partial charge in [0, 0.05) is 25.7 Å². The summed E-state index contributed by atoms with van der Waals surface area (Å²) >= 11 is 0. The van der Waals surface area contributed by atoms with Gasteiger partial charge in [-0.1, -0.05) is 23.8 Å². The topological polar surface area (TPSA) is 26.7 Å². The van der Waals surface area contributed by atoms with Crippen LogP contribution in [0.5, 0.6) is 0 Å². The molecular weight excluding hydrogens is 248 g/mol. The Morgan fingerprint density at radius 1 is 1.15 bits per heavy atom. The Kier molecular flexibility index (Phi) is 4.11. The largest absolute Gasteiger partial charge is 0.390 e. The maximum absolute atomic E-state index is 10.3. The van der Waals surface area contributed by atoms with Gasteiger partial charge in [-0.25, -0.2) is 0 Å². The predicted octanol–water partition coefficient (Wildman–Crippen LogP) is 1.94. The van der Waals surface area contributed by atoms with Crippen LogP contribution in [0.15, 0.2) is 18.2 Å². The minimum atomic E-state index is -0.182. The molecule has 2 fully saturated rings. The van der Waals surface area contributed by atoms with Crippen molar-refractivity contribution in [3.05, 3.63) is 34.9 Å². The van der Waals surface area contributed by atoms with Crippen molar-refractivity contribution in [2.45, 2.75) is 45.4 Å². The van der Waals surface area contributed by atoms with E-state index < -0.39 is 0 Å². The van der Waals surface area contributed by atoms with Gasteiger partial charge < -0.3 is 5.11 Å². The van der Waals surface area contributed by atoms with Gasteiger partial charge >= 0.3 is 0 Å². The summed E-state index contributed by atoms with van der Waals surface area (Å²) in [4.78, 5) is 4.89. The second kappa shape index (κ2) is 5.84. The molecule has 0 radical (unpaired) electrons. The molecule has 3 rings (SSSR count). The summed E-state index contributed by atoms with van der Waals surface area (Å²) in [6.07, 6.45) is 2.40. The van der Waals surface area contributed by atoms with Crippen LogP contribution in [0, 0.1) is 13.8 Å². The van der Waals surface area contributed by atoms with Gasteiger partial charge in [0.1, 0.15) is 0 Å². The summed E-state index contributed by atoms with van der Waals surface area (Å²) in [6, 6.07) is 7.01. The van der Waals surface area contributed by atoms with Gasteiger partial charge in [-0.05, 0) is 50.9 Å². The highest BCUT2D eigenvalue weighted by molar-refractivity contribution is 5.30. The molecule has 1 aromatic carbocycles. The highest BCUT2D eigenvalue weighted by Gasteiger charge is 2.36. The molecule has 3 nitrogen and oxygen atoms in total. The van der Waals surface area contributed by atoms with E-state index >= 15 is 0 Å². The molecule has 0 spiro atoms. The minimum absolute atomic E-state index is 0.182. The van der Waals surface area contributed by atoms with E-state index in [1.165, 1.54) is 42.6 Å². The fraction of sp³-hybridized carbons (Fsp3) is 0.647. The molecule has 0 saturated carbocycles. The van der Waals surface area contributed by atoms with Gasteiger partial charge in [-0.2, -0.15) is 0 Å². The number of rotatable bonds is 3. The summed E-state index contributed by atoms with van der Waals surface area (Å²) in [5.41, 5.74) is 4.08. The molecule has 3 heteroatoms. The molecular formula is C17H26N2O. The Labute approximate surface area is 122 Å². The Balaban J connectivity index is 1.65. The van der Waals surface area contributed by atoms with Crippen molar-refractivity contribution >= 4 is 0 Å². The highest BCUT2D eigenvalue weighted by Crippen LogP contribution is 2.23. The van der Waals surface area contributed by atoms with Crippen LogP contribution in [-0.2, 0) is 6.54 Å². The number of aliphatic hydroxyl groups is 1. The van der Waals surface area contributed by atoms with Crippen LogP contribution in [0.3, 0.4) is 0 Å². The van der Waals surface area contributed by atoms with Crippen LogP contribution < -0.4 is 0 Å². The zero-order valence-electron chi connectivity index (χ0n) is 12.7. The third-order valence-electron chi connectivity index (χ3n) is 4.84. The second-order valence-electron chi connectivity index (χ2n) is 6.50. The summed E-state index contributed by atoms with van der Waals surface area (Å²) in [7, 11) is 0. The third kappa shape index (κ3) is 2.90. The van der Waals surface area contributed by atoms with Crippen molar-refractivity contribution in [1.82, 2.24) is 9.80 Å². The lowest BCUT2D eigenvalue weighted by Gasteiger charge is -2.25. The van der Waals surface area contributed by atoms with E-state index in [1.807, 2.05) is 0 Å². The number of hydrogen-bond donors (Lipinski definition) is 1. The van der Waals surface area contributed by atoms with Crippen molar-refractivity contribution in [3.63, 3.8) is 0 Å². The fourth-order valence-electron chi connectivity index (χ4n) is 3.62. The van der Waals surface area contributed by atoms with Crippen LogP contribution >= 0.6 is 0 Å². The minimum Gasteiger partial charge on any atom is -0.390 e. The molecule has 0 unspecified atom stereocenters. The molecule has 110 valence electrons. The molecule has 1 N–H and O–H groups in total. The predicted molar refractivity (Wildman–Crippen MR) is 81.8 cm³/mol. The number of benzene rings is 1. The first-order valence-corrected chi connectivity index (χ1v) is 7.84.